The van der Waals surface area contributed by atoms with Crippen LogP contribution in [0, 0.1) is 11.8 Å². The molecule has 84 valence electrons. The molecule has 0 radical (unpaired) electrons. The monoisotopic (exact) mass is 206 g/mol. The molecule has 0 rings (SSSR count). The normalized spacial score (nSPS) is 13.5. The highest BCUT2D eigenvalue weighted by molar-refractivity contribution is 5.77. The number of hydrogen-bond donors (Lipinski definition) is 3. The van der Waals surface area contributed by atoms with Gasteiger partial charge >= 0.3 is 5.97 Å². The van der Waals surface area contributed by atoms with E-state index in [1.54, 1.807) is 6.92 Å². The van der Waals surface area contributed by atoms with Crippen LogP contribution in [-0.2, 0) is 9.59 Å². The summed E-state index contributed by atoms with van der Waals surface area (Å²) in [6.45, 7) is 4.30. The Morgan fingerprint density at radius 2 is 1.43 bits per heavy atom. The topological polar surface area (TPSA) is 94.8 Å². The van der Waals surface area contributed by atoms with Crippen LogP contribution in [0.4, 0.5) is 0 Å². The first-order valence-electron chi connectivity index (χ1n) is 4.31. The van der Waals surface area contributed by atoms with Gasteiger partial charge in [-0.05, 0) is 13.8 Å². The summed E-state index contributed by atoms with van der Waals surface area (Å²) in [6.07, 6.45) is 0. The Hall–Kier alpha value is -0.940. The zero-order valence-corrected chi connectivity index (χ0v) is 8.73. The van der Waals surface area contributed by atoms with E-state index < -0.39 is 11.9 Å². The van der Waals surface area contributed by atoms with E-state index in [2.05, 4.69) is 0 Å². The van der Waals surface area contributed by atoms with Crippen molar-refractivity contribution in [2.75, 3.05) is 13.2 Å². The summed E-state index contributed by atoms with van der Waals surface area (Å²) in [5.41, 5.74) is 0. The summed E-state index contributed by atoms with van der Waals surface area (Å²) in [6, 6.07) is 0. The molecule has 0 aromatic rings. The smallest absolute Gasteiger partial charge is 0.308 e. The zero-order chi connectivity index (χ0) is 11.7. The van der Waals surface area contributed by atoms with Crippen LogP contribution >= 0.6 is 0 Å². The highest BCUT2D eigenvalue weighted by Crippen LogP contribution is 1.91. The number of carbonyl (C=O) groups is 2. The molecule has 0 spiro atoms. The molecule has 0 aromatic carbocycles. The Bertz CT molecular complexity index is 158. The molecule has 0 saturated carbocycles. The fourth-order valence-corrected chi connectivity index (χ4v) is 0.207. The number of aliphatic hydroxyl groups excluding tert-OH is 2. The van der Waals surface area contributed by atoms with E-state index in [1.165, 1.54) is 13.8 Å². The van der Waals surface area contributed by atoms with Crippen molar-refractivity contribution < 1.29 is 24.9 Å². The Kier molecular flexibility index (Phi) is 9.59. The van der Waals surface area contributed by atoms with Gasteiger partial charge in [-0.25, -0.2) is 0 Å². The lowest BCUT2D eigenvalue weighted by Gasteiger charge is -1.97. The van der Waals surface area contributed by atoms with Gasteiger partial charge in [0, 0.05) is 5.92 Å². The van der Waals surface area contributed by atoms with Crippen molar-refractivity contribution in [3.63, 3.8) is 0 Å². The van der Waals surface area contributed by atoms with Gasteiger partial charge in [0.05, 0.1) is 19.1 Å². The molecule has 0 amide bonds. The summed E-state index contributed by atoms with van der Waals surface area (Å²) >= 11 is 0. The SMILES string of the molecule is CC(=O)C(C)CO.CC(CO)C(=O)O. The summed E-state index contributed by atoms with van der Waals surface area (Å²) in [5.74, 6) is -1.72. The van der Waals surface area contributed by atoms with Gasteiger partial charge in [-0.2, -0.15) is 0 Å². The maximum atomic E-state index is 10.2. The number of aliphatic hydroxyl groups is 2. The largest absolute Gasteiger partial charge is 0.481 e. The van der Waals surface area contributed by atoms with Crippen molar-refractivity contribution in [3.8, 4) is 0 Å². The number of hydrogen-bond acceptors (Lipinski definition) is 4. The van der Waals surface area contributed by atoms with Crippen LogP contribution in [0.1, 0.15) is 20.8 Å². The van der Waals surface area contributed by atoms with Crippen LogP contribution in [0.5, 0.6) is 0 Å². The Balaban J connectivity index is 0. The first kappa shape index (κ1) is 15.5. The molecule has 0 saturated heterocycles. The highest BCUT2D eigenvalue weighted by atomic mass is 16.4. The number of rotatable bonds is 4. The summed E-state index contributed by atoms with van der Waals surface area (Å²) < 4.78 is 0. The van der Waals surface area contributed by atoms with E-state index in [1.807, 2.05) is 0 Å². The Labute approximate surface area is 83.4 Å². The van der Waals surface area contributed by atoms with Crippen molar-refractivity contribution in [2.45, 2.75) is 20.8 Å². The molecule has 0 aromatic heterocycles. The lowest BCUT2D eigenvalue weighted by molar-refractivity contribution is -0.142. The molecule has 0 bridgehead atoms. The zero-order valence-electron chi connectivity index (χ0n) is 8.73. The van der Waals surface area contributed by atoms with Crippen molar-refractivity contribution in [3.05, 3.63) is 0 Å². The summed E-state index contributed by atoms with van der Waals surface area (Å²) in [5, 5.41) is 24.4. The predicted molar refractivity (Wildman–Crippen MR) is 50.8 cm³/mol. The second-order valence-electron chi connectivity index (χ2n) is 3.12. The van der Waals surface area contributed by atoms with E-state index >= 15 is 0 Å². The highest BCUT2D eigenvalue weighted by Gasteiger charge is 2.06. The van der Waals surface area contributed by atoms with E-state index in [-0.39, 0.29) is 24.9 Å². The standard InChI is InChI=1S/C5H10O2.C4H8O3/c1-4(3-6)5(2)7;1-3(2-5)4(6)7/h4,6H,3H2,1-2H3;3,5H,2H2,1H3,(H,6,7). The van der Waals surface area contributed by atoms with Gasteiger partial charge in [-0.3, -0.25) is 9.59 Å². The molecule has 0 aliphatic rings. The molecule has 0 aliphatic carbocycles. The number of ketones is 1. The molecule has 2 atom stereocenters. The molecule has 5 heteroatoms. The lowest BCUT2D eigenvalue weighted by Crippen LogP contribution is -2.12. The van der Waals surface area contributed by atoms with Gasteiger partial charge in [0.1, 0.15) is 5.78 Å². The van der Waals surface area contributed by atoms with Crippen molar-refractivity contribution in [2.24, 2.45) is 11.8 Å². The first-order chi connectivity index (χ1) is 6.36. The van der Waals surface area contributed by atoms with Gasteiger partial charge in [-0.1, -0.05) is 6.92 Å². The maximum Gasteiger partial charge on any atom is 0.308 e. The van der Waals surface area contributed by atoms with E-state index in [4.69, 9.17) is 15.3 Å². The molecule has 2 unspecified atom stereocenters. The van der Waals surface area contributed by atoms with Crippen LogP contribution in [0.15, 0.2) is 0 Å². The average Bonchev–Trinajstić information content (AvgIpc) is 2.15. The molecule has 0 heterocycles. The summed E-state index contributed by atoms with van der Waals surface area (Å²) in [7, 11) is 0. The van der Waals surface area contributed by atoms with Gasteiger partial charge in [0.2, 0.25) is 0 Å². The lowest BCUT2D eigenvalue weighted by atomic mass is 10.1. The van der Waals surface area contributed by atoms with Crippen LogP contribution in [0.2, 0.25) is 0 Å². The number of carboxylic acids is 1. The van der Waals surface area contributed by atoms with E-state index in [0.717, 1.165) is 0 Å². The summed E-state index contributed by atoms with van der Waals surface area (Å²) in [4.78, 5) is 20.0. The third-order valence-electron chi connectivity index (χ3n) is 1.66. The van der Waals surface area contributed by atoms with Gasteiger partial charge in [0.25, 0.3) is 0 Å². The Morgan fingerprint density at radius 1 is 1.07 bits per heavy atom. The fraction of sp³-hybridized carbons (Fsp3) is 0.778. The van der Waals surface area contributed by atoms with E-state index in [0.29, 0.717) is 0 Å². The number of Topliss-reactive ketones (excluding diaryl/α,β-unsaturated/α-hetero) is 1. The minimum absolute atomic E-state index is 0.0324. The second kappa shape index (κ2) is 8.65. The number of carboxylic acid groups (broad SMARTS) is 1. The second-order valence-corrected chi connectivity index (χ2v) is 3.12. The molecule has 3 N–H and O–H groups in total. The average molecular weight is 206 g/mol. The molecular formula is C9H18O5. The number of aliphatic carboxylic acids is 1. The number of carbonyl (C=O) groups excluding carboxylic acids is 1. The van der Waals surface area contributed by atoms with Crippen molar-refractivity contribution in [1.29, 1.82) is 0 Å². The van der Waals surface area contributed by atoms with E-state index in [9.17, 15) is 9.59 Å². The maximum absolute atomic E-state index is 10.2. The third-order valence-corrected chi connectivity index (χ3v) is 1.66. The minimum Gasteiger partial charge on any atom is -0.481 e. The van der Waals surface area contributed by atoms with Gasteiger partial charge in [-0.15, -0.1) is 0 Å². The van der Waals surface area contributed by atoms with Gasteiger partial charge in [0.15, 0.2) is 0 Å². The predicted octanol–water partition coefficient (Wildman–Crippen LogP) is -0.0968. The molecule has 14 heavy (non-hydrogen) atoms. The molecular weight excluding hydrogens is 188 g/mol. The minimum atomic E-state index is -0.956. The Morgan fingerprint density at radius 3 is 1.43 bits per heavy atom. The van der Waals surface area contributed by atoms with Crippen molar-refractivity contribution >= 4 is 11.8 Å². The molecule has 0 aliphatic heterocycles. The quantitative estimate of drug-likeness (QED) is 0.597. The van der Waals surface area contributed by atoms with Crippen LogP contribution in [0.25, 0.3) is 0 Å². The fourth-order valence-electron chi connectivity index (χ4n) is 0.207. The van der Waals surface area contributed by atoms with Gasteiger partial charge < -0.3 is 15.3 Å². The molecule has 0 fully saturated rings. The van der Waals surface area contributed by atoms with Crippen LogP contribution in [-0.4, -0.2) is 40.3 Å². The third kappa shape index (κ3) is 9.15. The van der Waals surface area contributed by atoms with Crippen molar-refractivity contribution in [1.82, 2.24) is 0 Å². The first-order valence-corrected chi connectivity index (χ1v) is 4.31. The van der Waals surface area contributed by atoms with Crippen LogP contribution < -0.4 is 0 Å². The molecule has 5 nitrogen and oxygen atoms in total. The van der Waals surface area contributed by atoms with Crippen LogP contribution in [0.3, 0.4) is 0 Å².